The first-order chi connectivity index (χ1) is 13.6. The summed E-state index contributed by atoms with van der Waals surface area (Å²) in [7, 11) is -4.12. The first-order valence-electron chi connectivity index (χ1n) is 8.30. The van der Waals surface area contributed by atoms with Crippen LogP contribution in [0.15, 0.2) is 48.8 Å². The van der Waals surface area contributed by atoms with Crippen LogP contribution in [0.3, 0.4) is 0 Å². The molecule has 0 atom stereocenters. The van der Waals surface area contributed by atoms with Crippen molar-refractivity contribution in [2.45, 2.75) is 19.5 Å². The zero-order valence-corrected chi connectivity index (χ0v) is 15.9. The van der Waals surface area contributed by atoms with E-state index >= 15 is 0 Å². The molecule has 29 heavy (non-hydrogen) atoms. The van der Waals surface area contributed by atoms with E-state index in [1.165, 1.54) is 24.3 Å². The van der Waals surface area contributed by atoms with Gasteiger partial charge < -0.3 is 4.74 Å². The number of aromatic nitrogens is 4. The number of benzene rings is 1. The van der Waals surface area contributed by atoms with E-state index in [4.69, 9.17) is 4.74 Å². The van der Waals surface area contributed by atoms with Gasteiger partial charge in [-0.1, -0.05) is 0 Å². The second kappa shape index (κ2) is 8.07. The van der Waals surface area contributed by atoms with Gasteiger partial charge in [-0.25, -0.2) is 18.1 Å². The van der Waals surface area contributed by atoms with Crippen molar-refractivity contribution < 1.29 is 26.3 Å². The lowest BCUT2D eigenvalue weighted by molar-refractivity contribution is -0.129. The van der Waals surface area contributed by atoms with Gasteiger partial charge in [0.25, 0.3) is 0 Å². The first kappa shape index (κ1) is 20.6. The van der Waals surface area contributed by atoms with Gasteiger partial charge in [-0.15, -0.1) is 0 Å². The molecule has 8 nitrogen and oxygen atoms in total. The van der Waals surface area contributed by atoms with Crippen molar-refractivity contribution in [3.05, 3.63) is 54.6 Å². The van der Waals surface area contributed by atoms with E-state index in [0.717, 1.165) is 0 Å². The summed E-state index contributed by atoms with van der Waals surface area (Å²) in [4.78, 5) is 8.44. The highest BCUT2D eigenvalue weighted by Crippen LogP contribution is 2.24. The highest BCUT2D eigenvalue weighted by Gasteiger charge is 2.29. The SMILES string of the molecule is Cc1nc(Oc2ccc(NS(=O)(=O)CCC(F)(F)F)cc2)cc(-n2cccn2)n1. The summed E-state index contributed by atoms with van der Waals surface area (Å²) >= 11 is 0. The number of hydrogen-bond donors (Lipinski definition) is 1. The lowest BCUT2D eigenvalue weighted by Gasteiger charge is -2.11. The quantitative estimate of drug-likeness (QED) is 0.620. The van der Waals surface area contributed by atoms with Gasteiger partial charge in [0.2, 0.25) is 15.9 Å². The van der Waals surface area contributed by atoms with Crippen molar-refractivity contribution in [1.82, 2.24) is 19.7 Å². The molecular formula is C17H16F3N5O3S. The van der Waals surface area contributed by atoms with Gasteiger partial charge in [-0.2, -0.15) is 23.3 Å². The molecule has 3 rings (SSSR count). The number of nitrogens with zero attached hydrogens (tertiary/aromatic N) is 4. The van der Waals surface area contributed by atoms with Crippen molar-refractivity contribution in [3.8, 4) is 17.4 Å². The molecule has 0 bridgehead atoms. The molecule has 1 aromatic carbocycles. The minimum Gasteiger partial charge on any atom is -0.439 e. The number of anilines is 1. The lowest BCUT2D eigenvalue weighted by atomic mass is 10.3. The molecule has 0 spiro atoms. The molecule has 2 aromatic heterocycles. The highest BCUT2D eigenvalue weighted by atomic mass is 32.2. The molecule has 1 N–H and O–H groups in total. The normalized spacial score (nSPS) is 12.0. The Hall–Kier alpha value is -3.15. The fourth-order valence-electron chi connectivity index (χ4n) is 2.29. The van der Waals surface area contributed by atoms with E-state index in [1.807, 2.05) is 0 Å². The Kier molecular flexibility index (Phi) is 5.73. The molecule has 3 aromatic rings. The number of nitrogens with one attached hydrogen (secondary N) is 1. The van der Waals surface area contributed by atoms with E-state index in [1.54, 1.807) is 36.1 Å². The summed E-state index contributed by atoms with van der Waals surface area (Å²) in [5.74, 6) is 0.522. The second-order valence-corrected chi connectivity index (χ2v) is 7.82. The van der Waals surface area contributed by atoms with E-state index in [0.29, 0.717) is 17.4 Å². The van der Waals surface area contributed by atoms with Gasteiger partial charge in [0.1, 0.15) is 11.6 Å². The largest absolute Gasteiger partial charge is 0.439 e. The number of alkyl halides is 3. The standard InChI is InChI=1S/C17H16F3N5O3S/c1-12-22-15(25-9-2-8-21-25)11-16(23-12)28-14-5-3-13(4-6-14)24-29(26,27)10-7-17(18,19)20/h2-6,8-9,11,24H,7,10H2,1H3. The van der Waals surface area contributed by atoms with Crippen LogP contribution in [0.5, 0.6) is 11.6 Å². The predicted molar refractivity (Wildman–Crippen MR) is 98.5 cm³/mol. The van der Waals surface area contributed by atoms with E-state index in [2.05, 4.69) is 19.8 Å². The Labute approximate surface area is 164 Å². The molecule has 0 aliphatic carbocycles. The topological polar surface area (TPSA) is 99.0 Å². The summed E-state index contributed by atoms with van der Waals surface area (Å²) in [5.41, 5.74) is 0.121. The van der Waals surface area contributed by atoms with Crippen LogP contribution < -0.4 is 9.46 Å². The Balaban J connectivity index is 1.68. The van der Waals surface area contributed by atoms with Crippen LogP contribution in [0.4, 0.5) is 18.9 Å². The van der Waals surface area contributed by atoms with E-state index in [9.17, 15) is 21.6 Å². The van der Waals surface area contributed by atoms with Crippen LogP contribution in [0.2, 0.25) is 0 Å². The van der Waals surface area contributed by atoms with Gasteiger partial charge in [-0.05, 0) is 37.3 Å². The van der Waals surface area contributed by atoms with Crippen LogP contribution >= 0.6 is 0 Å². The maximum Gasteiger partial charge on any atom is 0.390 e. The van der Waals surface area contributed by atoms with E-state index < -0.39 is 28.4 Å². The third-order valence-corrected chi connectivity index (χ3v) is 4.83. The predicted octanol–water partition coefficient (Wildman–Crippen LogP) is 3.46. The second-order valence-electron chi connectivity index (χ2n) is 5.97. The maximum absolute atomic E-state index is 12.2. The third-order valence-electron chi connectivity index (χ3n) is 3.54. The molecule has 0 fully saturated rings. The minimum absolute atomic E-state index is 0.121. The number of ether oxygens (including phenoxy) is 1. The molecule has 0 radical (unpaired) electrons. The van der Waals surface area contributed by atoms with Crippen molar-refractivity contribution in [3.63, 3.8) is 0 Å². The van der Waals surface area contributed by atoms with E-state index in [-0.39, 0.29) is 11.6 Å². The zero-order chi connectivity index (χ0) is 21.1. The Bertz CT molecular complexity index is 1070. The fraction of sp³-hybridized carbons (Fsp3) is 0.235. The summed E-state index contributed by atoms with van der Waals surface area (Å²) < 4.78 is 69.4. The van der Waals surface area contributed by atoms with Crippen molar-refractivity contribution in [2.75, 3.05) is 10.5 Å². The maximum atomic E-state index is 12.2. The molecule has 0 amide bonds. The monoisotopic (exact) mass is 427 g/mol. The Morgan fingerprint density at radius 3 is 2.52 bits per heavy atom. The van der Waals surface area contributed by atoms with Crippen LogP contribution in [-0.4, -0.2) is 40.1 Å². The molecule has 0 aliphatic rings. The smallest absolute Gasteiger partial charge is 0.390 e. The molecular weight excluding hydrogens is 411 g/mol. The molecule has 2 heterocycles. The van der Waals surface area contributed by atoms with Gasteiger partial charge in [-0.3, -0.25) is 4.72 Å². The summed E-state index contributed by atoms with van der Waals surface area (Å²) in [6.07, 6.45) is -2.65. The number of sulfonamides is 1. The summed E-state index contributed by atoms with van der Waals surface area (Å²) in [6, 6.07) is 9.01. The van der Waals surface area contributed by atoms with Crippen LogP contribution in [0.1, 0.15) is 12.2 Å². The van der Waals surface area contributed by atoms with Crippen LogP contribution in [0.25, 0.3) is 5.82 Å². The Morgan fingerprint density at radius 2 is 1.90 bits per heavy atom. The number of halogens is 3. The van der Waals surface area contributed by atoms with Crippen molar-refractivity contribution >= 4 is 15.7 Å². The number of hydrogen-bond acceptors (Lipinski definition) is 6. The summed E-state index contributed by atoms with van der Waals surface area (Å²) in [5, 5.41) is 4.09. The van der Waals surface area contributed by atoms with Crippen LogP contribution in [-0.2, 0) is 10.0 Å². The van der Waals surface area contributed by atoms with Gasteiger partial charge in [0.15, 0.2) is 5.82 Å². The highest BCUT2D eigenvalue weighted by molar-refractivity contribution is 7.92. The fourth-order valence-corrected chi connectivity index (χ4v) is 3.39. The number of rotatable bonds is 7. The van der Waals surface area contributed by atoms with Gasteiger partial charge in [0, 0.05) is 24.1 Å². The molecule has 0 unspecified atom stereocenters. The Morgan fingerprint density at radius 1 is 1.17 bits per heavy atom. The van der Waals surface area contributed by atoms with Crippen molar-refractivity contribution in [1.29, 1.82) is 0 Å². The van der Waals surface area contributed by atoms with Gasteiger partial charge >= 0.3 is 6.18 Å². The summed E-state index contributed by atoms with van der Waals surface area (Å²) in [6.45, 7) is 1.69. The lowest BCUT2D eigenvalue weighted by Crippen LogP contribution is -2.21. The molecule has 154 valence electrons. The average molecular weight is 427 g/mol. The molecule has 0 aliphatic heterocycles. The van der Waals surface area contributed by atoms with Crippen LogP contribution in [0, 0.1) is 6.92 Å². The zero-order valence-electron chi connectivity index (χ0n) is 15.1. The third kappa shape index (κ3) is 6.17. The average Bonchev–Trinajstić information content (AvgIpc) is 3.15. The first-order valence-corrected chi connectivity index (χ1v) is 9.96. The number of aryl methyl sites for hydroxylation is 1. The molecule has 12 heteroatoms. The van der Waals surface area contributed by atoms with Gasteiger partial charge in [0.05, 0.1) is 12.2 Å². The molecule has 0 saturated carbocycles. The van der Waals surface area contributed by atoms with Crippen molar-refractivity contribution in [2.24, 2.45) is 0 Å². The minimum atomic E-state index is -4.54. The molecule has 0 saturated heterocycles.